The zero-order valence-electron chi connectivity index (χ0n) is 13.5. The molecule has 2 aliphatic rings. The molecule has 5 heteroatoms. The number of benzene rings is 2. The lowest BCUT2D eigenvalue weighted by molar-refractivity contribution is -0.116. The van der Waals surface area contributed by atoms with Gasteiger partial charge >= 0.3 is 0 Å². The summed E-state index contributed by atoms with van der Waals surface area (Å²) in [5.74, 6) is 0.476. The number of carbonyl (C=O) groups is 1. The smallest absolute Gasteiger partial charge is 0.237 e. The highest BCUT2D eigenvalue weighted by Crippen LogP contribution is 2.43. The highest BCUT2D eigenvalue weighted by Gasteiger charge is 2.36. The van der Waals surface area contributed by atoms with Gasteiger partial charge in [-0.05, 0) is 24.3 Å². The number of hydrogen-bond donors (Lipinski definition) is 1. The van der Waals surface area contributed by atoms with Crippen molar-refractivity contribution in [1.82, 2.24) is 0 Å². The van der Waals surface area contributed by atoms with E-state index in [9.17, 15) is 4.79 Å². The maximum atomic E-state index is 13.1. The lowest BCUT2D eigenvalue weighted by Crippen LogP contribution is -2.48. The normalized spacial score (nSPS) is 20.9. The zero-order chi connectivity index (χ0) is 17.2. The minimum atomic E-state index is 0.0612. The largest absolute Gasteiger partial charge is 0.398 e. The van der Waals surface area contributed by atoms with Crippen LogP contribution in [0.15, 0.2) is 82.6 Å². The molecule has 1 heterocycles. The molecule has 2 N–H and O–H groups in total. The molecule has 0 unspecified atom stereocenters. The van der Waals surface area contributed by atoms with Crippen LogP contribution in [0.4, 0.5) is 11.4 Å². The molecule has 1 aliphatic carbocycles. The molecule has 0 saturated carbocycles. The van der Waals surface area contributed by atoms with E-state index in [0.717, 1.165) is 15.5 Å². The van der Waals surface area contributed by atoms with Crippen molar-refractivity contribution in [2.45, 2.75) is 21.1 Å². The Labute approximate surface area is 156 Å². The maximum Gasteiger partial charge on any atom is 0.237 e. The number of hydrogen-bond acceptors (Lipinski definition) is 4. The second-order valence-electron chi connectivity index (χ2n) is 5.90. The molecule has 4 rings (SSSR count). The van der Waals surface area contributed by atoms with Gasteiger partial charge in [-0.1, -0.05) is 48.6 Å². The lowest BCUT2D eigenvalue weighted by Gasteiger charge is -2.40. The molecule has 0 aromatic heterocycles. The summed E-state index contributed by atoms with van der Waals surface area (Å²) in [4.78, 5) is 17.1. The van der Waals surface area contributed by atoms with Crippen LogP contribution in [0.1, 0.15) is 0 Å². The SMILES string of the molecule is Nc1ccccc1SCC(=O)N1c2ccccc2S[C@@H]2C=CC=C[C@H]21. The number of fused-ring (bicyclic) bond motifs is 2. The van der Waals surface area contributed by atoms with Crippen LogP contribution in [0.25, 0.3) is 0 Å². The molecule has 1 aliphatic heterocycles. The van der Waals surface area contributed by atoms with Crippen molar-refractivity contribution < 1.29 is 4.79 Å². The highest BCUT2D eigenvalue weighted by molar-refractivity contribution is 8.00. The Morgan fingerprint density at radius 3 is 2.72 bits per heavy atom. The Morgan fingerprint density at radius 1 is 1.08 bits per heavy atom. The van der Waals surface area contributed by atoms with Crippen LogP contribution in [0.3, 0.4) is 0 Å². The molecular formula is C20H18N2OS2. The second kappa shape index (κ2) is 7.02. The molecule has 2 aromatic rings. The molecule has 0 bridgehead atoms. The van der Waals surface area contributed by atoms with Gasteiger partial charge in [0, 0.05) is 15.5 Å². The van der Waals surface area contributed by atoms with Gasteiger partial charge in [0.1, 0.15) is 0 Å². The van der Waals surface area contributed by atoms with E-state index in [1.807, 2.05) is 65.2 Å². The van der Waals surface area contributed by atoms with E-state index in [4.69, 9.17) is 5.73 Å². The van der Waals surface area contributed by atoms with E-state index in [1.165, 1.54) is 11.8 Å². The topological polar surface area (TPSA) is 46.3 Å². The van der Waals surface area contributed by atoms with Gasteiger partial charge in [0.25, 0.3) is 0 Å². The molecular weight excluding hydrogens is 348 g/mol. The molecule has 126 valence electrons. The lowest BCUT2D eigenvalue weighted by atomic mass is 10.0. The van der Waals surface area contributed by atoms with Crippen molar-refractivity contribution in [3.05, 3.63) is 72.8 Å². The van der Waals surface area contributed by atoms with Gasteiger partial charge in [-0.25, -0.2) is 0 Å². The fraction of sp³-hybridized carbons (Fsp3) is 0.150. The van der Waals surface area contributed by atoms with Crippen molar-refractivity contribution in [3.63, 3.8) is 0 Å². The number of carbonyl (C=O) groups excluding carboxylic acids is 1. The van der Waals surface area contributed by atoms with Gasteiger partial charge in [0.05, 0.1) is 22.7 Å². The van der Waals surface area contributed by atoms with E-state index in [0.29, 0.717) is 11.4 Å². The van der Waals surface area contributed by atoms with Crippen LogP contribution < -0.4 is 10.6 Å². The van der Waals surface area contributed by atoms with Crippen LogP contribution in [-0.2, 0) is 4.79 Å². The number of para-hydroxylation sites is 2. The monoisotopic (exact) mass is 366 g/mol. The molecule has 3 nitrogen and oxygen atoms in total. The number of nitrogens with two attached hydrogens (primary N) is 1. The van der Waals surface area contributed by atoms with Crippen molar-refractivity contribution in [3.8, 4) is 0 Å². The first kappa shape index (κ1) is 16.4. The van der Waals surface area contributed by atoms with Gasteiger partial charge in [-0.3, -0.25) is 4.79 Å². The summed E-state index contributed by atoms with van der Waals surface area (Å²) < 4.78 is 0. The van der Waals surface area contributed by atoms with E-state index < -0.39 is 0 Å². The van der Waals surface area contributed by atoms with Gasteiger partial charge in [-0.2, -0.15) is 0 Å². The molecule has 25 heavy (non-hydrogen) atoms. The third-order valence-electron chi connectivity index (χ3n) is 4.28. The number of amides is 1. The van der Waals surface area contributed by atoms with Crippen molar-refractivity contribution in [2.24, 2.45) is 0 Å². The number of thioether (sulfide) groups is 2. The zero-order valence-corrected chi connectivity index (χ0v) is 15.2. The number of allylic oxidation sites excluding steroid dienone is 2. The Morgan fingerprint density at radius 2 is 1.84 bits per heavy atom. The summed E-state index contributed by atoms with van der Waals surface area (Å²) >= 11 is 3.32. The van der Waals surface area contributed by atoms with Gasteiger partial charge in [0.2, 0.25) is 5.91 Å². The summed E-state index contributed by atoms with van der Waals surface area (Å²) in [6.45, 7) is 0. The summed E-state index contributed by atoms with van der Waals surface area (Å²) in [5, 5.41) is 0.260. The number of rotatable bonds is 3. The van der Waals surface area contributed by atoms with E-state index in [2.05, 4.69) is 24.3 Å². The first-order valence-corrected chi connectivity index (χ1v) is 10.0. The van der Waals surface area contributed by atoms with Crippen LogP contribution in [-0.4, -0.2) is 23.0 Å². The molecule has 0 saturated heterocycles. The second-order valence-corrected chi connectivity index (χ2v) is 8.14. The number of anilines is 2. The molecule has 0 radical (unpaired) electrons. The van der Waals surface area contributed by atoms with Crippen LogP contribution >= 0.6 is 23.5 Å². The number of nitrogens with zero attached hydrogens (tertiary/aromatic N) is 1. The predicted octanol–water partition coefficient (Wildman–Crippen LogP) is 4.36. The molecule has 2 atom stereocenters. The fourth-order valence-electron chi connectivity index (χ4n) is 3.10. The van der Waals surface area contributed by atoms with Gasteiger partial charge in [-0.15, -0.1) is 23.5 Å². The Kier molecular flexibility index (Phi) is 4.59. The van der Waals surface area contributed by atoms with E-state index in [1.54, 1.807) is 0 Å². The van der Waals surface area contributed by atoms with Crippen molar-refractivity contribution in [2.75, 3.05) is 16.4 Å². The Balaban J connectivity index is 1.60. The Bertz CT molecular complexity index is 862. The highest BCUT2D eigenvalue weighted by atomic mass is 32.2. The third kappa shape index (κ3) is 3.22. The van der Waals surface area contributed by atoms with E-state index in [-0.39, 0.29) is 17.2 Å². The third-order valence-corrected chi connectivity index (χ3v) is 6.66. The van der Waals surface area contributed by atoms with Crippen LogP contribution in [0, 0.1) is 0 Å². The summed E-state index contributed by atoms with van der Waals surface area (Å²) in [5.41, 5.74) is 7.71. The van der Waals surface area contributed by atoms with Crippen molar-refractivity contribution >= 4 is 40.8 Å². The first-order valence-electron chi connectivity index (χ1n) is 8.14. The predicted molar refractivity (Wildman–Crippen MR) is 107 cm³/mol. The van der Waals surface area contributed by atoms with E-state index >= 15 is 0 Å². The van der Waals surface area contributed by atoms with Crippen molar-refractivity contribution in [1.29, 1.82) is 0 Å². The van der Waals surface area contributed by atoms with Gasteiger partial charge in [0.15, 0.2) is 0 Å². The first-order chi connectivity index (χ1) is 12.2. The summed E-state index contributed by atoms with van der Waals surface area (Å²) in [7, 11) is 0. The molecule has 2 aromatic carbocycles. The van der Waals surface area contributed by atoms with Gasteiger partial charge < -0.3 is 10.6 Å². The average Bonchev–Trinajstić information content (AvgIpc) is 2.65. The maximum absolute atomic E-state index is 13.1. The van der Waals surface area contributed by atoms with Crippen LogP contribution in [0.5, 0.6) is 0 Å². The Hall–Kier alpha value is -2.11. The number of nitrogen functional groups attached to an aromatic ring is 1. The average molecular weight is 367 g/mol. The molecule has 0 fully saturated rings. The quantitative estimate of drug-likeness (QED) is 0.647. The molecule has 1 amide bonds. The molecule has 0 spiro atoms. The minimum Gasteiger partial charge on any atom is -0.398 e. The fourth-order valence-corrected chi connectivity index (χ4v) is 5.19. The van der Waals surface area contributed by atoms with Crippen LogP contribution in [0.2, 0.25) is 0 Å². The summed E-state index contributed by atoms with van der Waals surface area (Å²) in [6.07, 6.45) is 8.38. The minimum absolute atomic E-state index is 0.0612. The summed E-state index contributed by atoms with van der Waals surface area (Å²) in [6, 6.07) is 15.9. The standard InChI is InChI=1S/C20H18N2OS2/c21-14-7-1-4-10-17(14)24-13-20(23)22-15-8-2-5-11-18(15)25-19-12-6-3-9-16(19)22/h1-12,15,18H,13,21H2/t15-,18-/m1/s1.